The number of nitrogens with zero attached hydrogens (tertiary/aromatic N) is 1. The number of aryl methyl sites for hydroxylation is 1. The van der Waals surface area contributed by atoms with Crippen molar-refractivity contribution in [2.24, 2.45) is 11.7 Å². The van der Waals surface area contributed by atoms with Crippen molar-refractivity contribution in [3.8, 4) is 0 Å². The number of allylic oxidation sites excluding steroid dienone is 3. The van der Waals surface area contributed by atoms with Crippen molar-refractivity contribution in [3.63, 3.8) is 0 Å². The summed E-state index contributed by atoms with van der Waals surface area (Å²) in [7, 11) is 0. The van der Waals surface area contributed by atoms with Gasteiger partial charge < -0.3 is 10.6 Å². The number of nitrogens with two attached hydrogens (primary N) is 1. The summed E-state index contributed by atoms with van der Waals surface area (Å²) in [4.78, 5) is 2.25. The Morgan fingerprint density at radius 3 is 2.31 bits per heavy atom. The van der Waals surface area contributed by atoms with Crippen molar-refractivity contribution in [1.82, 2.24) is 0 Å². The molecule has 0 fully saturated rings. The van der Waals surface area contributed by atoms with E-state index in [1.807, 2.05) is 0 Å². The molecular formula is C27H44N2. The maximum absolute atomic E-state index is 6.76. The summed E-state index contributed by atoms with van der Waals surface area (Å²) in [5.74, 6) is 0.543. The second kappa shape index (κ2) is 13.3. The lowest BCUT2D eigenvalue weighted by Gasteiger charge is -2.31. The maximum Gasteiger partial charge on any atom is 0.0615 e. The summed E-state index contributed by atoms with van der Waals surface area (Å²) in [6, 6.07) is 8.49. The first-order chi connectivity index (χ1) is 13.9. The second-order valence-corrected chi connectivity index (χ2v) is 8.28. The summed E-state index contributed by atoms with van der Waals surface area (Å²) in [6.07, 6.45) is 11.9. The Balaban J connectivity index is 3.31. The van der Waals surface area contributed by atoms with Crippen LogP contribution in [0.2, 0.25) is 0 Å². The molecule has 2 heteroatoms. The number of unbranched alkanes of at least 4 members (excludes halogenated alkanes) is 3. The fraction of sp³-hybridized carbons (Fsp3) is 0.556. The van der Waals surface area contributed by atoms with E-state index in [2.05, 4.69) is 83.4 Å². The van der Waals surface area contributed by atoms with Crippen molar-refractivity contribution >= 4 is 5.69 Å². The molecule has 0 bridgehead atoms. The molecular weight excluding hydrogens is 352 g/mol. The van der Waals surface area contributed by atoms with Crippen molar-refractivity contribution < 1.29 is 0 Å². The van der Waals surface area contributed by atoms with E-state index >= 15 is 0 Å². The van der Waals surface area contributed by atoms with E-state index in [1.54, 1.807) is 0 Å². The van der Waals surface area contributed by atoms with E-state index in [0.29, 0.717) is 5.92 Å². The molecule has 29 heavy (non-hydrogen) atoms. The molecule has 0 spiro atoms. The van der Waals surface area contributed by atoms with Gasteiger partial charge in [0.05, 0.1) is 11.4 Å². The minimum absolute atomic E-state index is 0.543. The largest absolute Gasteiger partial charge is 0.397 e. The normalized spacial score (nSPS) is 13.8. The second-order valence-electron chi connectivity index (χ2n) is 8.28. The van der Waals surface area contributed by atoms with Gasteiger partial charge in [-0.2, -0.15) is 0 Å². The Morgan fingerprint density at radius 1 is 1.03 bits per heavy atom. The molecule has 0 aromatic heterocycles. The molecule has 1 atom stereocenters. The molecule has 1 aromatic rings. The molecule has 0 saturated heterocycles. The zero-order chi connectivity index (χ0) is 21.8. The summed E-state index contributed by atoms with van der Waals surface area (Å²) < 4.78 is 0. The van der Waals surface area contributed by atoms with Gasteiger partial charge in [-0.1, -0.05) is 83.7 Å². The molecule has 1 unspecified atom stereocenters. The first-order valence-corrected chi connectivity index (χ1v) is 11.6. The van der Waals surface area contributed by atoms with Crippen LogP contribution in [0.25, 0.3) is 0 Å². The summed E-state index contributed by atoms with van der Waals surface area (Å²) in [5.41, 5.74) is 13.4. The fourth-order valence-corrected chi connectivity index (χ4v) is 3.94. The van der Waals surface area contributed by atoms with E-state index in [4.69, 9.17) is 5.73 Å². The lowest BCUT2D eigenvalue weighted by molar-refractivity contribution is 0.477. The third kappa shape index (κ3) is 7.42. The molecule has 162 valence electrons. The number of rotatable bonds is 13. The van der Waals surface area contributed by atoms with Gasteiger partial charge >= 0.3 is 0 Å². The molecule has 0 radical (unpaired) electrons. The lowest BCUT2D eigenvalue weighted by atomic mass is 9.88. The van der Waals surface area contributed by atoms with Gasteiger partial charge in [0, 0.05) is 11.4 Å². The zero-order valence-electron chi connectivity index (χ0n) is 19.9. The molecule has 0 saturated carbocycles. The highest BCUT2D eigenvalue weighted by Gasteiger charge is 2.20. The van der Waals surface area contributed by atoms with E-state index in [1.165, 1.54) is 55.4 Å². The molecule has 2 nitrogen and oxygen atoms in total. The van der Waals surface area contributed by atoms with Crippen LogP contribution in [0.5, 0.6) is 0 Å². The van der Waals surface area contributed by atoms with Crippen LogP contribution in [0.3, 0.4) is 0 Å². The van der Waals surface area contributed by atoms with Gasteiger partial charge in [-0.25, -0.2) is 0 Å². The molecule has 0 amide bonds. The van der Waals surface area contributed by atoms with E-state index in [0.717, 1.165) is 29.9 Å². The Kier molecular flexibility index (Phi) is 11.5. The van der Waals surface area contributed by atoms with Crippen molar-refractivity contribution in [3.05, 3.63) is 65.1 Å². The van der Waals surface area contributed by atoms with Crippen LogP contribution in [0.4, 0.5) is 5.69 Å². The van der Waals surface area contributed by atoms with Crippen LogP contribution in [0, 0.1) is 12.8 Å². The van der Waals surface area contributed by atoms with Crippen molar-refractivity contribution in [2.75, 3.05) is 4.90 Å². The highest BCUT2D eigenvalue weighted by Crippen LogP contribution is 2.33. The summed E-state index contributed by atoms with van der Waals surface area (Å²) in [5, 5.41) is 0. The average Bonchev–Trinajstić information content (AvgIpc) is 2.72. The smallest absolute Gasteiger partial charge is 0.0615 e. The predicted octanol–water partition coefficient (Wildman–Crippen LogP) is 8.25. The Labute approximate surface area is 180 Å². The summed E-state index contributed by atoms with van der Waals surface area (Å²) >= 11 is 0. The zero-order valence-corrected chi connectivity index (χ0v) is 19.9. The Bertz CT molecular complexity index is 696. The van der Waals surface area contributed by atoms with Crippen LogP contribution >= 0.6 is 0 Å². The SMILES string of the molecule is C=C(/C(N)=C(\C)C(CCC)CCCCC)N(/C(C)=C/CCC)c1ccccc1C. The lowest BCUT2D eigenvalue weighted by Crippen LogP contribution is -2.26. The van der Waals surface area contributed by atoms with Crippen LogP contribution in [-0.4, -0.2) is 0 Å². The van der Waals surface area contributed by atoms with Gasteiger partial charge in [0.2, 0.25) is 0 Å². The van der Waals surface area contributed by atoms with Gasteiger partial charge in [-0.3, -0.25) is 0 Å². The van der Waals surface area contributed by atoms with Crippen LogP contribution < -0.4 is 10.6 Å². The van der Waals surface area contributed by atoms with Gasteiger partial charge in [0.15, 0.2) is 0 Å². The maximum atomic E-state index is 6.76. The Hall–Kier alpha value is -1.96. The molecule has 0 aliphatic carbocycles. The van der Waals surface area contributed by atoms with E-state index < -0.39 is 0 Å². The average molecular weight is 397 g/mol. The number of anilines is 1. The standard InChI is InChI=1S/C27H44N2/c1-8-11-13-19-25(16-10-3)23(6)27(28)24(7)29(22(5)18-12-9-2)26-20-15-14-17-21(26)4/h14-15,17-18,20,25H,7-13,16,19,28H2,1-6H3/b22-18+,27-23-. The van der Waals surface area contributed by atoms with Gasteiger partial charge in [0.1, 0.15) is 0 Å². The van der Waals surface area contributed by atoms with E-state index in [9.17, 15) is 0 Å². The number of hydrogen-bond donors (Lipinski definition) is 1. The van der Waals surface area contributed by atoms with Gasteiger partial charge in [-0.15, -0.1) is 0 Å². The third-order valence-electron chi connectivity index (χ3n) is 5.85. The van der Waals surface area contributed by atoms with Crippen LogP contribution in [0.15, 0.2) is 59.6 Å². The van der Waals surface area contributed by atoms with Crippen LogP contribution in [0.1, 0.15) is 91.5 Å². The third-order valence-corrected chi connectivity index (χ3v) is 5.85. The minimum atomic E-state index is 0.543. The van der Waals surface area contributed by atoms with Gasteiger partial charge in [-0.05, 0) is 63.2 Å². The van der Waals surface area contributed by atoms with Crippen molar-refractivity contribution in [1.29, 1.82) is 0 Å². The molecule has 2 N–H and O–H groups in total. The number of hydrogen-bond acceptors (Lipinski definition) is 2. The molecule has 1 aromatic carbocycles. The Morgan fingerprint density at radius 2 is 1.72 bits per heavy atom. The highest BCUT2D eigenvalue weighted by molar-refractivity contribution is 5.65. The molecule has 0 aliphatic heterocycles. The van der Waals surface area contributed by atoms with Crippen LogP contribution in [-0.2, 0) is 0 Å². The first kappa shape index (κ1) is 25.1. The van der Waals surface area contributed by atoms with Crippen molar-refractivity contribution in [2.45, 2.75) is 92.9 Å². The quantitative estimate of drug-likeness (QED) is 0.268. The predicted molar refractivity (Wildman–Crippen MR) is 131 cm³/mol. The monoisotopic (exact) mass is 396 g/mol. The minimum Gasteiger partial charge on any atom is -0.397 e. The topological polar surface area (TPSA) is 29.3 Å². The highest BCUT2D eigenvalue weighted by atomic mass is 15.2. The number of para-hydroxylation sites is 1. The molecule has 0 aliphatic rings. The first-order valence-electron chi connectivity index (χ1n) is 11.6. The van der Waals surface area contributed by atoms with E-state index in [-0.39, 0.29) is 0 Å². The fourth-order valence-electron chi connectivity index (χ4n) is 3.94. The van der Waals surface area contributed by atoms with Gasteiger partial charge in [0.25, 0.3) is 0 Å². The number of benzene rings is 1. The molecule has 0 heterocycles. The molecule has 1 rings (SSSR count). The summed E-state index contributed by atoms with van der Waals surface area (Å²) in [6.45, 7) is 17.7.